The topological polar surface area (TPSA) is 12.0 Å². The van der Waals surface area contributed by atoms with Crippen LogP contribution in [-0.2, 0) is 6.42 Å². The molecule has 0 fully saturated rings. The molecule has 0 radical (unpaired) electrons. The average molecular weight is 296 g/mol. The third-order valence-corrected chi connectivity index (χ3v) is 4.13. The monoisotopic (exact) mass is 295 g/mol. The Balaban J connectivity index is 2.14. The summed E-state index contributed by atoms with van der Waals surface area (Å²) in [6.07, 6.45) is 6.42. The quantitative estimate of drug-likeness (QED) is 0.609. The second-order valence-electron chi connectivity index (χ2n) is 6.29. The number of aryl methyl sites for hydroxylation is 3. The fourth-order valence-corrected chi connectivity index (χ4v) is 2.64. The first-order chi connectivity index (χ1) is 9.50. The molecule has 0 amide bonds. The van der Waals surface area contributed by atoms with Gasteiger partial charge in [0.15, 0.2) is 0 Å². The van der Waals surface area contributed by atoms with Gasteiger partial charge in [-0.25, -0.2) is 0 Å². The highest BCUT2D eigenvalue weighted by atomic mass is 35.5. The van der Waals surface area contributed by atoms with Crippen LogP contribution in [0.15, 0.2) is 12.1 Å². The SMILES string of the molecule is Cc1cc(CCCCCCNCC(C)C)c(C)cc1Cl. The lowest BCUT2D eigenvalue weighted by Gasteiger charge is -2.09. The molecule has 0 atom stereocenters. The second-order valence-corrected chi connectivity index (χ2v) is 6.70. The molecule has 20 heavy (non-hydrogen) atoms. The molecule has 0 aromatic heterocycles. The Labute approximate surface area is 130 Å². The van der Waals surface area contributed by atoms with Crippen LogP contribution in [0, 0.1) is 19.8 Å². The number of nitrogens with one attached hydrogen (secondary N) is 1. The van der Waals surface area contributed by atoms with Gasteiger partial charge in [0.05, 0.1) is 0 Å². The number of benzene rings is 1. The molecule has 0 spiro atoms. The molecule has 2 heteroatoms. The van der Waals surface area contributed by atoms with Crippen LogP contribution in [0.4, 0.5) is 0 Å². The Morgan fingerprint density at radius 2 is 1.70 bits per heavy atom. The molecule has 0 bridgehead atoms. The zero-order valence-electron chi connectivity index (χ0n) is 13.6. The maximum Gasteiger partial charge on any atom is 0.0438 e. The highest BCUT2D eigenvalue weighted by molar-refractivity contribution is 6.31. The normalized spacial score (nSPS) is 11.3. The summed E-state index contributed by atoms with van der Waals surface area (Å²) in [4.78, 5) is 0. The summed E-state index contributed by atoms with van der Waals surface area (Å²) in [5.74, 6) is 0.756. The first-order valence-electron chi connectivity index (χ1n) is 7.97. The van der Waals surface area contributed by atoms with Crippen molar-refractivity contribution in [3.63, 3.8) is 0 Å². The summed E-state index contributed by atoms with van der Waals surface area (Å²) in [6, 6.07) is 4.35. The Morgan fingerprint density at radius 3 is 2.40 bits per heavy atom. The number of halogens is 1. The van der Waals surface area contributed by atoms with Gasteiger partial charge in [0.25, 0.3) is 0 Å². The molecule has 1 rings (SSSR count). The van der Waals surface area contributed by atoms with E-state index in [9.17, 15) is 0 Å². The summed E-state index contributed by atoms with van der Waals surface area (Å²) in [5.41, 5.74) is 3.99. The van der Waals surface area contributed by atoms with Crippen LogP contribution < -0.4 is 5.32 Å². The smallest absolute Gasteiger partial charge is 0.0438 e. The average Bonchev–Trinajstić information content (AvgIpc) is 2.38. The third-order valence-electron chi connectivity index (χ3n) is 3.72. The molecule has 114 valence electrons. The standard InChI is InChI=1S/C18H30ClN/c1-14(2)13-20-10-8-6-5-7-9-17-11-16(4)18(19)12-15(17)3/h11-12,14,20H,5-10,13H2,1-4H3. The van der Waals surface area contributed by atoms with Crippen LogP contribution in [0.5, 0.6) is 0 Å². The molecule has 0 saturated carbocycles. The van der Waals surface area contributed by atoms with E-state index in [4.69, 9.17) is 11.6 Å². The lowest BCUT2D eigenvalue weighted by molar-refractivity contribution is 0.526. The van der Waals surface area contributed by atoms with Crippen molar-refractivity contribution in [1.82, 2.24) is 5.32 Å². The van der Waals surface area contributed by atoms with Gasteiger partial charge in [-0.2, -0.15) is 0 Å². The predicted molar refractivity (Wildman–Crippen MR) is 90.8 cm³/mol. The number of rotatable bonds is 9. The molecule has 0 heterocycles. The van der Waals surface area contributed by atoms with Crippen molar-refractivity contribution in [2.24, 2.45) is 5.92 Å². The third kappa shape index (κ3) is 6.76. The van der Waals surface area contributed by atoms with Crippen LogP contribution in [0.3, 0.4) is 0 Å². The molecule has 1 aromatic rings. The number of hydrogen-bond donors (Lipinski definition) is 1. The van der Waals surface area contributed by atoms with Crippen LogP contribution in [0.25, 0.3) is 0 Å². The first-order valence-corrected chi connectivity index (χ1v) is 8.35. The van der Waals surface area contributed by atoms with E-state index < -0.39 is 0 Å². The lowest BCUT2D eigenvalue weighted by Crippen LogP contribution is -2.20. The molecule has 0 aliphatic rings. The number of unbranched alkanes of at least 4 members (excludes halogenated alkanes) is 3. The van der Waals surface area contributed by atoms with Gasteiger partial charge in [0, 0.05) is 5.02 Å². The van der Waals surface area contributed by atoms with E-state index in [0.29, 0.717) is 0 Å². The molecule has 0 saturated heterocycles. The zero-order valence-corrected chi connectivity index (χ0v) is 14.3. The van der Waals surface area contributed by atoms with Crippen LogP contribution in [0.1, 0.15) is 56.2 Å². The van der Waals surface area contributed by atoms with Crippen LogP contribution in [0.2, 0.25) is 5.02 Å². The van der Waals surface area contributed by atoms with Crippen molar-refractivity contribution in [1.29, 1.82) is 0 Å². The Morgan fingerprint density at radius 1 is 1.00 bits per heavy atom. The zero-order chi connectivity index (χ0) is 15.0. The molecule has 0 aliphatic heterocycles. The van der Waals surface area contributed by atoms with Gasteiger partial charge in [-0.05, 0) is 74.9 Å². The minimum absolute atomic E-state index is 0.756. The van der Waals surface area contributed by atoms with Gasteiger partial charge >= 0.3 is 0 Å². The van der Waals surface area contributed by atoms with E-state index >= 15 is 0 Å². The van der Waals surface area contributed by atoms with Crippen molar-refractivity contribution in [2.45, 2.75) is 59.8 Å². The van der Waals surface area contributed by atoms with Gasteiger partial charge in [-0.1, -0.05) is 44.4 Å². The van der Waals surface area contributed by atoms with Crippen molar-refractivity contribution in [3.8, 4) is 0 Å². The Hall–Kier alpha value is -0.530. The van der Waals surface area contributed by atoms with E-state index in [1.54, 1.807) is 0 Å². The first kappa shape index (κ1) is 17.5. The second kappa shape index (κ2) is 9.41. The summed E-state index contributed by atoms with van der Waals surface area (Å²) < 4.78 is 0. The largest absolute Gasteiger partial charge is 0.316 e. The molecule has 0 unspecified atom stereocenters. The van der Waals surface area contributed by atoms with Crippen molar-refractivity contribution in [2.75, 3.05) is 13.1 Å². The van der Waals surface area contributed by atoms with Crippen molar-refractivity contribution < 1.29 is 0 Å². The van der Waals surface area contributed by atoms with Crippen LogP contribution in [-0.4, -0.2) is 13.1 Å². The fraction of sp³-hybridized carbons (Fsp3) is 0.667. The fourth-order valence-electron chi connectivity index (χ4n) is 2.42. The van der Waals surface area contributed by atoms with Gasteiger partial charge < -0.3 is 5.32 Å². The summed E-state index contributed by atoms with van der Waals surface area (Å²) in [7, 11) is 0. The molecule has 1 N–H and O–H groups in total. The van der Waals surface area contributed by atoms with E-state index in [2.05, 4.69) is 45.1 Å². The van der Waals surface area contributed by atoms with E-state index in [1.807, 2.05) is 0 Å². The molecular formula is C18H30ClN. The lowest BCUT2D eigenvalue weighted by atomic mass is 9.99. The highest BCUT2D eigenvalue weighted by Crippen LogP contribution is 2.22. The predicted octanol–water partition coefficient (Wildman–Crippen LogP) is 5.31. The maximum absolute atomic E-state index is 6.13. The van der Waals surface area contributed by atoms with E-state index in [0.717, 1.165) is 24.0 Å². The van der Waals surface area contributed by atoms with Gasteiger partial charge in [-0.15, -0.1) is 0 Å². The van der Waals surface area contributed by atoms with Crippen LogP contribution >= 0.6 is 11.6 Å². The van der Waals surface area contributed by atoms with Crippen molar-refractivity contribution >= 4 is 11.6 Å². The summed E-state index contributed by atoms with van der Waals surface area (Å²) in [5, 5.41) is 4.39. The molecule has 0 aliphatic carbocycles. The van der Waals surface area contributed by atoms with Gasteiger partial charge in [0.2, 0.25) is 0 Å². The van der Waals surface area contributed by atoms with Crippen molar-refractivity contribution in [3.05, 3.63) is 33.8 Å². The van der Waals surface area contributed by atoms with Gasteiger partial charge in [-0.3, -0.25) is 0 Å². The minimum atomic E-state index is 0.756. The maximum atomic E-state index is 6.13. The van der Waals surface area contributed by atoms with E-state index in [1.165, 1.54) is 48.8 Å². The number of hydrogen-bond acceptors (Lipinski definition) is 1. The highest BCUT2D eigenvalue weighted by Gasteiger charge is 2.03. The Bertz CT molecular complexity index is 399. The summed E-state index contributed by atoms with van der Waals surface area (Å²) >= 11 is 6.13. The van der Waals surface area contributed by atoms with Gasteiger partial charge in [0.1, 0.15) is 0 Å². The minimum Gasteiger partial charge on any atom is -0.316 e. The Kier molecular flexibility index (Phi) is 8.25. The molecular weight excluding hydrogens is 266 g/mol. The molecule has 1 aromatic carbocycles. The summed E-state index contributed by atoms with van der Waals surface area (Å²) in [6.45, 7) is 11.1. The van der Waals surface area contributed by atoms with E-state index in [-0.39, 0.29) is 0 Å². The molecule has 1 nitrogen and oxygen atoms in total.